The number of hydrogen-bond acceptors (Lipinski definition) is 6. The summed E-state index contributed by atoms with van der Waals surface area (Å²) in [7, 11) is 0. The minimum atomic E-state index is -0.164. The molecule has 2 aliphatic rings. The number of piperidine rings is 1. The summed E-state index contributed by atoms with van der Waals surface area (Å²) in [6.07, 6.45) is 2.66. The number of nitrogens with zero attached hydrogens (tertiary/aromatic N) is 4. The molecular weight excluding hydrogens is 394 g/mol. The van der Waals surface area contributed by atoms with Crippen LogP contribution >= 0.6 is 0 Å². The third kappa shape index (κ3) is 3.73. The van der Waals surface area contributed by atoms with Crippen molar-refractivity contribution in [3.8, 4) is 5.75 Å². The molecule has 0 unspecified atom stereocenters. The van der Waals surface area contributed by atoms with Crippen LogP contribution in [0.4, 0.5) is 5.82 Å². The molecule has 8 heteroatoms. The highest BCUT2D eigenvalue weighted by Gasteiger charge is 2.24. The maximum atomic E-state index is 12.3. The molecule has 3 aromatic rings. The van der Waals surface area contributed by atoms with E-state index in [1.165, 1.54) is 10.6 Å². The molecule has 5 rings (SSSR count). The monoisotopic (exact) mass is 419 g/mol. The van der Waals surface area contributed by atoms with Crippen molar-refractivity contribution in [1.82, 2.24) is 19.9 Å². The van der Waals surface area contributed by atoms with Gasteiger partial charge in [0.05, 0.1) is 0 Å². The smallest absolute Gasteiger partial charge is 0.274 e. The summed E-state index contributed by atoms with van der Waals surface area (Å²) in [5.41, 5.74) is 3.90. The Kier molecular flexibility index (Phi) is 4.84. The number of anilines is 1. The van der Waals surface area contributed by atoms with Crippen molar-refractivity contribution >= 4 is 17.4 Å². The first-order valence-corrected chi connectivity index (χ1v) is 10.7. The number of hydrogen-bond donors (Lipinski definition) is 1. The van der Waals surface area contributed by atoms with E-state index in [0.29, 0.717) is 17.9 Å². The normalized spacial score (nSPS) is 16.8. The predicted octanol–water partition coefficient (Wildman–Crippen LogP) is 2.04. The second-order valence-electron chi connectivity index (χ2n) is 8.29. The molecule has 1 fully saturated rings. The summed E-state index contributed by atoms with van der Waals surface area (Å²) >= 11 is 0. The molecule has 0 bridgehead atoms. The predicted molar refractivity (Wildman–Crippen MR) is 117 cm³/mol. The van der Waals surface area contributed by atoms with Crippen molar-refractivity contribution in [1.29, 1.82) is 0 Å². The summed E-state index contributed by atoms with van der Waals surface area (Å²) in [5.74, 6) is 1.63. The molecule has 0 atom stereocenters. The van der Waals surface area contributed by atoms with Crippen LogP contribution in [0.2, 0.25) is 0 Å². The van der Waals surface area contributed by atoms with E-state index in [2.05, 4.69) is 20.3 Å². The molecule has 0 radical (unpaired) electrons. The van der Waals surface area contributed by atoms with Crippen molar-refractivity contribution in [2.75, 3.05) is 24.5 Å². The van der Waals surface area contributed by atoms with Gasteiger partial charge in [-0.15, -0.1) is 5.10 Å². The second kappa shape index (κ2) is 7.68. The van der Waals surface area contributed by atoms with Gasteiger partial charge < -0.3 is 15.0 Å². The highest BCUT2D eigenvalue weighted by atomic mass is 16.5. The fraction of sp³-hybridized carbons (Fsp3) is 0.391. The van der Waals surface area contributed by atoms with E-state index in [-0.39, 0.29) is 17.6 Å². The Morgan fingerprint density at radius 1 is 1.10 bits per heavy atom. The van der Waals surface area contributed by atoms with Gasteiger partial charge in [-0.2, -0.15) is 4.52 Å². The van der Waals surface area contributed by atoms with Gasteiger partial charge >= 0.3 is 0 Å². The fourth-order valence-corrected chi connectivity index (χ4v) is 4.41. The van der Waals surface area contributed by atoms with Crippen molar-refractivity contribution in [2.45, 2.75) is 39.2 Å². The van der Waals surface area contributed by atoms with Gasteiger partial charge in [-0.05, 0) is 55.7 Å². The number of nitrogens with one attached hydrogen (secondary N) is 1. The highest BCUT2D eigenvalue weighted by Crippen LogP contribution is 2.26. The Hall–Kier alpha value is -3.42. The van der Waals surface area contributed by atoms with Crippen LogP contribution in [0.1, 0.15) is 40.0 Å². The maximum absolute atomic E-state index is 12.3. The average molecular weight is 419 g/mol. The SMILES string of the molecule is Cc1cc(=O)n2nc(N3CCC(Oc4ccc5c(c4)CCNC5=O)CC3)c(C)cc2n1. The van der Waals surface area contributed by atoms with Crippen LogP contribution in [0.3, 0.4) is 0 Å². The molecule has 1 amide bonds. The van der Waals surface area contributed by atoms with Crippen LogP contribution in [-0.2, 0) is 6.42 Å². The Labute approximate surface area is 179 Å². The number of benzene rings is 1. The molecule has 0 saturated carbocycles. The Bertz CT molecular complexity index is 1230. The quantitative estimate of drug-likeness (QED) is 0.699. The minimum Gasteiger partial charge on any atom is -0.490 e. The summed E-state index contributed by atoms with van der Waals surface area (Å²) in [6.45, 7) is 6.08. The van der Waals surface area contributed by atoms with Crippen LogP contribution in [0.5, 0.6) is 5.75 Å². The molecule has 0 spiro atoms. The molecule has 4 heterocycles. The Morgan fingerprint density at radius 2 is 1.90 bits per heavy atom. The first-order valence-electron chi connectivity index (χ1n) is 10.7. The van der Waals surface area contributed by atoms with E-state index in [0.717, 1.165) is 60.6 Å². The molecule has 2 aromatic heterocycles. The zero-order chi connectivity index (χ0) is 21.5. The van der Waals surface area contributed by atoms with Crippen LogP contribution in [-0.4, -0.2) is 46.2 Å². The largest absolute Gasteiger partial charge is 0.490 e. The number of carbonyl (C=O) groups is 1. The number of aryl methyl sites for hydroxylation is 2. The zero-order valence-corrected chi connectivity index (χ0v) is 17.7. The third-order valence-electron chi connectivity index (χ3n) is 5.99. The lowest BCUT2D eigenvalue weighted by Gasteiger charge is -2.33. The van der Waals surface area contributed by atoms with E-state index >= 15 is 0 Å². The lowest BCUT2D eigenvalue weighted by Crippen LogP contribution is -2.39. The van der Waals surface area contributed by atoms with Crippen molar-refractivity contribution in [3.05, 3.63) is 63.1 Å². The molecule has 2 aliphatic heterocycles. The molecule has 160 valence electrons. The average Bonchev–Trinajstić information content (AvgIpc) is 2.74. The van der Waals surface area contributed by atoms with E-state index in [4.69, 9.17) is 4.74 Å². The minimum absolute atomic E-state index is 0.0103. The van der Waals surface area contributed by atoms with Gasteiger partial charge in [0, 0.05) is 49.8 Å². The summed E-state index contributed by atoms with van der Waals surface area (Å²) in [6, 6.07) is 9.15. The third-order valence-corrected chi connectivity index (χ3v) is 5.99. The summed E-state index contributed by atoms with van der Waals surface area (Å²) in [4.78, 5) is 30.9. The number of carbonyl (C=O) groups excluding carboxylic acids is 1. The van der Waals surface area contributed by atoms with E-state index < -0.39 is 0 Å². The molecule has 1 saturated heterocycles. The Balaban J connectivity index is 1.29. The highest BCUT2D eigenvalue weighted by molar-refractivity contribution is 5.96. The zero-order valence-electron chi connectivity index (χ0n) is 17.7. The summed E-state index contributed by atoms with van der Waals surface area (Å²) in [5, 5.41) is 7.46. The van der Waals surface area contributed by atoms with Crippen molar-refractivity contribution < 1.29 is 9.53 Å². The van der Waals surface area contributed by atoms with Gasteiger partial charge in [0.25, 0.3) is 11.5 Å². The van der Waals surface area contributed by atoms with Gasteiger partial charge in [-0.1, -0.05) is 0 Å². The maximum Gasteiger partial charge on any atom is 0.274 e. The van der Waals surface area contributed by atoms with E-state index in [9.17, 15) is 9.59 Å². The second-order valence-corrected chi connectivity index (χ2v) is 8.29. The lowest BCUT2D eigenvalue weighted by atomic mass is 10.00. The van der Waals surface area contributed by atoms with E-state index in [1.54, 1.807) is 0 Å². The molecular formula is C23H25N5O3. The van der Waals surface area contributed by atoms with Gasteiger partial charge in [0.15, 0.2) is 11.5 Å². The van der Waals surface area contributed by atoms with Crippen LogP contribution in [0.15, 0.2) is 35.1 Å². The molecule has 31 heavy (non-hydrogen) atoms. The topological polar surface area (TPSA) is 88.8 Å². The van der Waals surface area contributed by atoms with Crippen LogP contribution < -0.4 is 20.5 Å². The molecule has 8 nitrogen and oxygen atoms in total. The first-order chi connectivity index (χ1) is 15.0. The molecule has 1 N–H and O–H groups in total. The number of amides is 1. The molecule has 1 aromatic carbocycles. The van der Waals surface area contributed by atoms with Gasteiger partial charge in [-0.3, -0.25) is 9.59 Å². The van der Waals surface area contributed by atoms with Crippen LogP contribution in [0, 0.1) is 13.8 Å². The number of aromatic nitrogens is 3. The molecule has 0 aliphatic carbocycles. The lowest BCUT2D eigenvalue weighted by molar-refractivity contribution is 0.0946. The standard InChI is InChI=1S/C23H25N5O3/c1-14-11-20-25-15(2)12-21(29)28(20)26-22(14)27-9-6-17(7-10-27)31-18-3-4-19-16(13-18)5-8-24-23(19)30/h3-4,11-13,17H,5-10H2,1-2H3,(H,24,30). The van der Waals surface area contributed by atoms with Crippen molar-refractivity contribution in [3.63, 3.8) is 0 Å². The number of fused-ring (bicyclic) bond motifs is 2. The van der Waals surface area contributed by atoms with Crippen molar-refractivity contribution in [2.24, 2.45) is 0 Å². The van der Waals surface area contributed by atoms with Gasteiger partial charge in [-0.25, -0.2) is 4.98 Å². The summed E-state index contributed by atoms with van der Waals surface area (Å²) < 4.78 is 7.61. The number of rotatable bonds is 3. The number of ether oxygens (including phenoxy) is 1. The van der Waals surface area contributed by atoms with Gasteiger partial charge in [0.1, 0.15) is 11.9 Å². The van der Waals surface area contributed by atoms with Gasteiger partial charge in [0.2, 0.25) is 0 Å². The van der Waals surface area contributed by atoms with Crippen LogP contribution in [0.25, 0.3) is 5.65 Å². The fourth-order valence-electron chi connectivity index (χ4n) is 4.41. The first kappa shape index (κ1) is 19.5. The van der Waals surface area contributed by atoms with E-state index in [1.807, 2.05) is 38.1 Å². The Morgan fingerprint density at radius 3 is 2.71 bits per heavy atom.